The molecule has 2 aliphatic rings. The van der Waals surface area contributed by atoms with Crippen LogP contribution in [-0.2, 0) is 9.22 Å². The van der Waals surface area contributed by atoms with Crippen LogP contribution >= 0.6 is 11.8 Å². The Morgan fingerprint density at radius 2 is 2.05 bits per heavy atom. The van der Waals surface area contributed by atoms with Gasteiger partial charge in [-0.15, -0.1) is 0 Å². The number of rotatable bonds is 2. The Balaban J connectivity index is 2.32. The van der Waals surface area contributed by atoms with Gasteiger partial charge in [-0.05, 0) is 43.5 Å². The molecule has 0 saturated carbocycles. The van der Waals surface area contributed by atoms with Crippen molar-refractivity contribution >= 4 is 25.9 Å². The zero-order valence-corrected chi connectivity index (χ0v) is 15.8. The quantitative estimate of drug-likeness (QED) is 0.789. The Kier molecular flexibility index (Phi) is 4.53. The van der Waals surface area contributed by atoms with Crippen molar-refractivity contribution in [2.75, 3.05) is 11.5 Å². The second-order valence-electron chi connectivity index (χ2n) is 8.02. The van der Waals surface area contributed by atoms with Crippen molar-refractivity contribution in [1.82, 2.24) is 0 Å². The molecule has 1 aliphatic heterocycles. The second-order valence-corrected chi connectivity index (χ2v) is 13.8. The fraction of sp³-hybridized carbons (Fsp3) is 0.812. The summed E-state index contributed by atoms with van der Waals surface area (Å²) in [6.45, 7) is 12.5. The third-order valence-corrected chi connectivity index (χ3v) is 11.1. The number of aliphatic hydroxyl groups excluding tert-OH is 1. The predicted octanol–water partition coefficient (Wildman–Crippen LogP) is 3.39. The molecule has 5 heteroatoms. The summed E-state index contributed by atoms with van der Waals surface area (Å²) in [7, 11) is -2.12. The van der Waals surface area contributed by atoms with E-state index in [2.05, 4.69) is 33.9 Å². The maximum absolute atomic E-state index is 12.7. The summed E-state index contributed by atoms with van der Waals surface area (Å²) in [6.07, 6.45) is 1.67. The zero-order chi connectivity index (χ0) is 16.1. The van der Waals surface area contributed by atoms with E-state index in [0.717, 1.165) is 11.5 Å². The minimum atomic E-state index is -2.12. The molecule has 0 aromatic rings. The molecule has 0 aromatic carbocycles. The van der Waals surface area contributed by atoms with Gasteiger partial charge < -0.3 is 9.53 Å². The van der Waals surface area contributed by atoms with Gasteiger partial charge in [-0.3, -0.25) is 4.79 Å². The highest BCUT2D eigenvalue weighted by Crippen LogP contribution is 2.43. The van der Waals surface area contributed by atoms with Crippen LogP contribution in [-0.4, -0.2) is 42.4 Å². The topological polar surface area (TPSA) is 46.5 Å². The van der Waals surface area contributed by atoms with Gasteiger partial charge >= 0.3 is 0 Å². The Bertz CT molecular complexity index is 467. The van der Waals surface area contributed by atoms with Crippen molar-refractivity contribution in [1.29, 1.82) is 0 Å². The molecule has 3 nitrogen and oxygen atoms in total. The molecule has 1 N–H and O–H groups in total. The lowest BCUT2D eigenvalue weighted by molar-refractivity contribution is -0.139. The molecule has 0 unspecified atom stereocenters. The van der Waals surface area contributed by atoms with Crippen LogP contribution < -0.4 is 0 Å². The van der Waals surface area contributed by atoms with Gasteiger partial charge in [0, 0.05) is 11.5 Å². The number of aliphatic hydroxyl groups is 1. The summed E-state index contributed by atoms with van der Waals surface area (Å²) in [4.78, 5) is 12.7. The fourth-order valence-corrected chi connectivity index (χ4v) is 5.60. The molecule has 120 valence electrons. The van der Waals surface area contributed by atoms with Crippen LogP contribution in [0.15, 0.2) is 11.6 Å². The lowest BCUT2D eigenvalue weighted by Crippen LogP contribution is -2.57. The van der Waals surface area contributed by atoms with Crippen molar-refractivity contribution in [3.05, 3.63) is 11.6 Å². The summed E-state index contributed by atoms with van der Waals surface area (Å²) in [5, 5.41) is 10.7. The van der Waals surface area contributed by atoms with Gasteiger partial charge in [0.25, 0.3) is 0 Å². The number of hydrogen-bond donors (Lipinski definition) is 1. The van der Waals surface area contributed by atoms with E-state index in [1.54, 1.807) is 13.0 Å². The molecule has 3 atom stereocenters. The van der Waals surface area contributed by atoms with Crippen molar-refractivity contribution in [3.8, 4) is 0 Å². The summed E-state index contributed by atoms with van der Waals surface area (Å²) < 4.78 is 6.39. The van der Waals surface area contributed by atoms with Crippen LogP contribution in [0.3, 0.4) is 0 Å². The zero-order valence-electron chi connectivity index (χ0n) is 14.0. The molecule has 21 heavy (non-hydrogen) atoms. The molecule has 0 aromatic heterocycles. The minimum Gasteiger partial charge on any atom is -0.402 e. The van der Waals surface area contributed by atoms with Crippen LogP contribution in [0.5, 0.6) is 0 Å². The maximum Gasteiger partial charge on any atom is 0.193 e. The first-order valence-electron chi connectivity index (χ1n) is 7.68. The van der Waals surface area contributed by atoms with E-state index in [-0.39, 0.29) is 10.8 Å². The molecule has 1 saturated heterocycles. The van der Waals surface area contributed by atoms with Gasteiger partial charge in [-0.25, -0.2) is 0 Å². The molecular formula is C16H28O3SSi. The van der Waals surface area contributed by atoms with Crippen molar-refractivity contribution in [2.24, 2.45) is 5.92 Å². The minimum absolute atomic E-state index is 0.0151. The van der Waals surface area contributed by atoms with E-state index >= 15 is 0 Å². The average Bonchev–Trinajstić information content (AvgIpc) is 2.70. The van der Waals surface area contributed by atoms with Gasteiger partial charge in [-0.1, -0.05) is 26.3 Å². The van der Waals surface area contributed by atoms with E-state index in [0.29, 0.717) is 12.3 Å². The van der Waals surface area contributed by atoms with Crippen LogP contribution in [0.4, 0.5) is 0 Å². The van der Waals surface area contributed by atoms with E-state index < -0.39 is 20.0 Å². The van der Waals surface area contributed by atoms with E-state index in [1.165, 1.54) is 5.57 Å². The third kappa shape index (κ3) is 3.16. The Labute approximate surface area is 133 Å². The predicted molar refractivity (Wildman–Crippen MR) is 91.2 cm³/mol. The highest BCUT2D eigenvalue weighted by atomic mass is 32.2. The smallest absolute Gasteiger partial charge is 0.193 e. The van der Waals surface area contributed by atoms with Gasteiger partial charge in [0.2, 0.25) is 0 Å². The summed E-state index contributed by atoms with van der Waals surface area (Å²) >= 11 is 1.85. The lowest BCUT2D eigenvalue weighted by Gasteiger charge is -2.44. The number of hydrogen-bond acceptors (Lipinski definition) is 4. The molecule has 0 amide bonds. The van der Waals surface area contributed by atoms with Gasteiger partial charge in [-0.2, -0.15) is 11.8 Å². The van der Waals surface area contributed by atoms with Crippen molar-refractivity contribution in [3.63, 3.8) is 0 Å². The number of carbonyl (C=O) groups is 1. The van der Waals surface area contributed by atoms with Crippen LogP contribution in [0.25, 0.3) is 0 Å². The molecular weight excluding hydrogens is 300 g/mol. The van der Waals surface area contributed by atoms with Gasteiger partial charge in [0.15, 0.2) is 14.1 Å². The summed E-state index contributed by atoms with van der Waals surface area (Å²) in [6, 6.07) is 0. The van der Waals surface area contributed by atoms with Crippen LogP contribution in [0, 0.1) is 5.92 Å². The molecule has 1 heterocycles. The van der Waals surface area contributed by atoms with Crippen molar-refractivity contribution < 1.29 is 14.3 Å². The molecule has 1 fully saturated rings. The second kappa shape index (κ2) is 5.51. The number of fused-ring (bicyclic) bond motifs is 1. The standard InChI is InChI=1S/C16H28O3SSi/c1-15(2,3)21(5,6)19-16(4)13(17)7-11-9-20-10-12(11)8-14(16)18/h7,12,14,18H,8-10H2,1-6H3/t12-,14-,16-/m0/s1. The summed E-state index contributed by atoms with van der Waals surface area (Å²) in [5.41, 5.74) is 0.0944. The van der Waals surface area contributed by atoms with Crippen LogP contribution in [0.1, 0.15) is 34.1 Å². The van der Waals surface area contributed by atoms with E-state index in [4.69, 9.17) is 4.43 Å². The molecule has 0 bridgehead atoms. The normalized spacial score (nSPS) is 34.4. The third-order valence-electron chi connectivity index (χ3n) is 5.33. The average molecular weight is 329 g/mol. The number of ketones is 1. The van der Waals surface area contributed by atoms with Gasteiger partial charge in [0.05, 0.1) is 6.10 Å². The number of carbonyl (C=O) groups excluding carboxylic acids is 1. The largest absolute Gasteiger partial charge is 0.402 e. The number of thioether (sulfide) groups is 1. The lowest BCUT2D eigenvalue weighted by atomic mass is 9.91. The highest BCUT2D eigenvalue weighted by molar-refractivity contribution is 7.99. The van der Waals surface area contributed by atoms with E-state index in [1.807, 2.05) is 11.8 Å². The Hall–Kier alpha value is -0.103. The highest BCUT2D eigenvalue weighted by Gasteiger charge is 2.51. The maximum atomic E-state index is 12.7. The molecule has 0 spiro atoms. The first-order chi connectivity index (χ1) is 9.47. The molecule has 1 aliphatic carbocycles. The monoisotopic (exact) mass is 328 g/mol. The first-order valence-corrected chi connectivity index (χ1v) is 11.7. The Morgan fingerprint density at radius 3 is 2.62 bits per heavy atom. The SMILES string of the molecule is CC(C)(C)[Si](C)(C)O[C@@]1(C)C(=O)C=C2CSC[C@@H]2C[C@@H]1O. The summed E-state index contributed by atoms with van der Waals surface area (Å²) in [5.74, 6) is 2.20. The molecule has 0 radical (unpaired) electrons. The van der Waals surface area contributed by atoms with E-state index in [9.17, 15) is 9.90 Å². The molecule has 2 rings (SSSR count). The van der Waals surface area contributed by atoms with Crippen LogP contribution in [0.2, 0.25) is 18.1 Å². The first kappa shape index (κ1) is 17.3. The van der Waals surface area contributed by atoms with Crippen molar-refractivity contribution in [2.45, 2.75) is 64.0 Å². The Morgan fingerprint density at radius 1 is 1.43 bits per heavy atom. The fourth-order valence-electron chi connectivity index (χ4n) is 2.69. The van der Waals surface area contributed by atoms with Gasteiger partial charge in [0.1, 0.15) is 5.60 Å².